The summed E-state index contributed by atoms with van der Waals surface area (Å²) in [4.78, 5) is 8.48. The quantitative estimate of drug-likeness (QED) is 0.602. The summed E-state index contributed by atoms with van der Waals surface area (Å²) in [6.07, 6.45) is 0. The Morgan fingerprint density at radius 2 is 1.35 bits per heavy atom. The van der Waals surface area contributed by atoms with Crippen molar-refractivity contribution in [3.05, 3.63) is 53.9 Å². The SMILES string of the molecule is CC(C)(C)c1cc(-c2cc3ccccc3[nH]2)cc(C(C)(C)C)n1. The normalized spacial score (nSPS) is 12.8. The molecule has 2 aromatic heterocycles. The first-order valence-electron chi connectivity index (χ1n) is 8.26. The van der Waals surface area contributed by atoms with Gasteiger partial charge in [0.1, 0.15) is 0 Å². The smallest absolute Gasteiger partial charge is 0.0467 e. The van der Waals surface area contributed by atoms with Crippen LogP contribution in [0.5, 0.6) is 0 Å². The lowest BCUT2D eigenvalue weighted by molar-refractivity contribution is 0.531. The minimum Gasteiger partial charge on any atom is -0.355 e. The molecule has 0 saturated heterocycles. The molecule has 120 valence electrons. The average Bonchev–Trinajstić information content (AvgIpc) is 2.89. The van der Waals surface area contributed by atoms with E-state index in [1.807, 2.05) is 0 Å². The molecule has 3 rings (SSSR count). The summed E-state index contributed by atoms with van der Waals surface area (Å²) >= 11 is 0. The van der Waals surface area contributed by atoms with Crippen LogP contribution in [0.25, 0.3) is 22.2 Å². The van der Waals surface area contributed by atoms with Crippen LogP contribution >= 0.6 is 0 Å². The Morgan fingerprint density at radius 1 is 0.783 bits per heavy atom. The van der Waals surface area contributed by atoms with Gasteiger partial charge in [-0.05, 0) is 24.3 Å². The predicted molar refractivity (Wildman–Crippen MR) is 98.9 cm³/mol. The number of nitrogens with zero attached hydrogens (tertiary/aromatic N) is 1. The number of para-hydroxylation sites is 1. The average molecular weight is 306 g/mol. The summed E-state index contributed by atoms with van der Waals surface area (Å²) in [6, 6.07) is 15.1. The number of hydrogen-bond donors (Lipinski definition) is 1. The molecule has 0 aliphatic carbocycles. The van der Waals surface area contributed by atoms with E-state index in [-0.39, 0.29) is 10.8 Å². The second kappa shape index (κ2) is 5.23. The van der Waals surface area contributed by atoms with E-state index >= 15 is 0 Å². The molecule has 0 radical (unpaired) electrons. The Hall–Kier alpha value is -2.09. The van der Waals surface area contributed by atoms with Gasteiger partial charge in [-0.15, -0.1) is 0 Å². The number of fused-ring (bicyclic) bond motifs is 1. The molecule has 0 aliphatic rings. The van der Waals surface area contributed by atoms with Gasteiger partial charge in [0.15, 0.2) is 0 Å². The van der Waals surface area contributed by atoms with Crippen molar-refractivity contribution in [2.75, 3.05) is 0 Å². The Bertz CT molecular complexity index is 777. The van der Waals surface area contributed by atoms with E-state index in [9.17, 15) is 0 Å². The third kappa shape index (κ3) is 3.17. The molecule has 0 aliphatic heterocycles. The lowest BCUT2D eigenvalue weighted by Crippen LogP contribution is -2.20. The Morgan fingerprint density at radius 3 is 1.87 bits per heavy atom. The zero-order valence-corrected chi connectivity index (χ0v) is 15.0. The van der Waals surface area contributed by atoms with Gasteiger partial charge < -0.3 is 4.98 Å². The van der Waals surface area contributed by atoms with Crippen LogP contribution < -0.4 is 0 Å². The third-order valence-corrected chi connectivity index (χ3v) is 4.20. The Labute approximate surface area is 139 Å². The highest BCUT2D eigenvalue weighted by molar-refractivity contribution is 5.85. The van der Waals surface area contributed by atoms with E-state index in [4.69, 9.17) is 4.98 Å². The summed E-state index contributed by atoms with van der Waals surface area (Å²) in [6.45, 7) is 13.3. The van der Waals surface area contributed by atoms with Gasteiger partial charge in [0, 0.05) is 44.4 Å². The van der Waals surface area contributed by atoms with Gasteiger partial charge >= 0.3 is 0 Å². The maximum Gasteiger partial charge on any atom is 0.0467 e. The van der Waals surface area contributed by atoms with E-state index < -0.39 is 0 Å². The molecule has 0 saturated carbocycles. The van der Waals surface area contributed by atoms with Crippen LogP contribution in [0, 0.1) is 0 Å². The first kappa shape index (κ1) is 15.8. The number of hydrogen-bond acceptors (Lipinski definition) is 1. The molecule has 23 heavy (non-hydrogen) atoms. The number of aromatic nitrogens is 2. The maximum atomic E-state index is 4.94. The van der Waals surface area contributed by atoms with Gasteiger partial charge in [-0.25, -0.2) is 0 Å². The summed E-state index contributed by atoms with van der Waals surface area (Å²) in [5, 5.41) is 1.24. The van der Waals surface area contributed by atoms with E-state index in [0.717, 1.165) is 17.1 Å². The predicted octanol–water partition coefficient (Wildman–Crippen LogP) is 5.82. The fraction of sp³-hybridized carbons (Fsp3) is 0.381. The molecule has 1 aromatic carbocycles. The highest BCUT2D eigenvalue weighted by Crippen LogP contribution is 2.32. The van der Waals surface area contributed by atoms with Crippen molar-refractivity contribution in [2.45, 2.75) is 52.4 Å². The highest BCUT2D eigenvalue weighted by Gasteiger charge is 2.22. The molecule has 0 atom stereocenters. The topological polar surface area (TPSA) is 28.7 Å². The molecule has 1 N–H and O–H groups in total. The lowest BCUT2D eigenvalue weighted by atomic mass is 9.86. The number of nitrogens with one attached hydrogen (secondary N) is 1. The highest BCUT2D eigenvalue weighted by atomic mass is 14.8. The van der Waals surface area contributed by atoms with Gasteiger partial charge in [0.2, 0.25) is 0 Å². The first-order valence-corrected chi connectivity index (χ1v) is 8.26. The van der Waals surface area contributed by atoms with Crippen molar-refractivity contribution in [1.29, 1.82) is 0 Å². The van der Waals surface area contributed by atoms with Crippen LogP contribution in [0.4, 0.5) is 0 Å². The first-order chi connectivity index (χ1) is 10.6. The molecule has 2 heterocycles. The van der Waals surface area contributed by atoms with Gasteiger partial charge in [-0.2, -0.15) is 0 Å². The van der Waals surface area contributed by atoms with Crippen LogP contribution in [0.1, 0.15) is 52.9 Å². The number of benzene rings is 1. The maximum absolute atomic E-state index is 4.94. The second-order valence-corrected chi connectivity index (χ2v) is 8.40. The van der Waals surface area contributed by atoms with Crippen molar-refractivity contribution in [2.24, 2.45) is 0 Å². The van der Waals surface area contributed by atoms with Crippen molar-refractivity contribution in [3.63, 3.8) is 0 Å². The van der Waals surface area contributed by atoms with Crippen LogP contribution in [0.3, 0.4) is 0 Å². The molecule has 2 nitrogen and oxygen atoms in total. The van der Waals surface area contributed by atoms with Crippen molar-refractivity contribution in [3.8, 4) is 11.3 Å². The summed E-state index contributed by atoms with van der Waals surface area (Å²) in [5.74, 6) is 0. The molecular formula is C21H26N2. The summed E-state index contributed by atoms with van der Waals surface area (Å²) in [5.41, 5.74) is 5.88. The third-order valence-electron chi connectivity index (χ3n) is 4.20. The number of aromatic amines is 1. The summed E-state index contributed by atoms with van der Waals surface area (Å²) < 4.78 is 0. The molecule has 0 unspecified atom stereocenters. The molecule has 0 bridgehead atoms. The fourth-order valence-electron chi connectivity index (χ4n) is 2.68. The molecule has 0 spiro atoms. The Balaban J connectivity index is 2.21. The van der Waals surface area contributed by atoms with Crippen LogP contribution in [-0.2, 0) is 10.8 Å². The largest absolute Gasteiger partial charge is 0.355 e. The monoisotopic (exact) mass is 306 g/mol. The van der Waals surface area contributed by atoms with Gasteiger partial charge in [0.05, 0.1) is 0 Å². The molecule has 0 amide bonds. The van der Waals surface area contributed by atoms with E-state index in [2.05, 4.69) is 89.0 Å². The van der Waals surface area contributed by atoms with Crippen molar-refractivity contribution in [1.82, 2.24) is 9.97 Å². The molecule has 0 fully saturated rings. The molecular weight excluding hydrogens is 280 g/mol. The lowest BCUT2D eigenvalue weighted by Gasteiger charge is -2.24. The zero-order valence-electron chi connectivity index (χ0n) is 15.0. The minimum atomic E-state index is 0.0298. The van der Waals surface area contributed by atoms with Crippen LogP contribution in [0.15, 0.2) is 42.5 Å². The van der Waals surface area contributed by atoms with Crippen molar-refractivity contribution < 1.29 is 0 Å². The van der Waals surface area contributed by atoms with Crippen LogP contribution in [0.2, 0.25) is 0 Å². The van der Waals surface area contributed by atoms with Gasteiger partial charge in [-0.3, -0.25) is 4.98 Å². The van der Waals surface area contributed by atoms with Crippen molar-refractivity contribution >= 4 is 10.9 Å². The summed E-state index contributed by atoms with van der Waals surface area (Å²) in [7, 11) is 0. The van der Waals surface area contributed by atoms with Gasteiger partial charge in [0.25, 0.3) is 0 Å². The van der Waals surface area contributed by atoms with E-state index in [1.54, 1.807) is 0 Å². The Kier molecular flexibility index (Phi) is 3.59. The molecule has 3 aromatic rings. The number of rotatable bonds is 1. The molecule has 2 heteroatoms. The minimum absolute atomic E-state index is 0.0298. The van der Waals surface area contributed by atoms with E-state index in [1.165, 1.54) is 16.5 Å². The standard InChI is InChI=1S/C21H26N2/c1-20(2,3)18-12-15(13-19(23-18)21(4,5)6)17-11-14-9-7-8-10-16(14)22-17/h7-13,22H,1-6H3. The number of pyridine rings is 1. The second-order valence-electron chi connectivity index (χ2n) is 8.40. The number of H-pyrrole nitrogens is 1. The fourth-order valence-corrected chi connectivity index (χ4v) is 2.68. The van der Waals surface area contributed by atoms with Gasteiger partial charge in [-0.1, -0.05) is 59.7 Å². The van der Waals surface area contributed by atoms with E-state index in [0.29, 0.717) is 0 Å². The zero-order chi connectivity index (χ0) is 16.8. The van der Waals surface area contributed by atoms with Crippen LogP contribution in [-0.4, -0.2) is 9.97 Å².